The molecule has 12 heteroatoms. The summed E-state index contributed by atoms with van der Waals surface area (Å²) in [6.45, 7) is 9.27. The minimum absolute atomic E-state index is 0.0266. The van der Waals surface area contributed by atoms with Crippen molar-refractivity contribution in [2.24, 2.45) is 0 Å². The molecule has 2 rings (SSSR count). The number of aryl methyl sites for hydroxylation is 2. The monoisotopic (exact) mass is 481 g/mol. The smallest absolute Gasteiger partial charge is 0.475 e. The van der Waals surface area contributed by atoms with Gasteiger partial charge in [-0.05, 0) is 37.5 Å². The lowest BCUT2D eigenvalue weighted by molar-refractivity contribution is -0.192. The minimum Gasteiger partial charge on any atom is -0.475 e. The van der Waals surface area contributed by atoms with E-state index in [9.17, 15) is 26.4 Å². The first-order chi connectivity index (χ1) is 14.8. The lowest BCUT2D eigenvalue weighted by atomic mass is 10.2. The molecule has 1 amide bonds. The van der Waals surface area contributed by atoms with Gasteiger partial charge in [0.15, 0.2) is 0 Å². The number of hydrogen-bond donors (Lipinski definition) is 2. The van der Waals surface area contributed by atoms with Gasteiger partial charge in [-0.15, -0.1) is 0 Å². The average molecular weight is 482 g/mol. The van der Waals surface area contributed by atoms with E-state index in [2.05, 4.69) is 5.32 Å². The number of sulfonamides is 1. The average Bonchev–Trinajstić information content (AvgIpc) is 2.72. The fraction of sp³-hybridized carbons (Fsp3) is 0.600. The first-order valence-electron chi connectivity index (χ1n) is 10.2. The van der Waals surface area contributed by atoms with Crippen molar-refractivity contribution in [1.82, 2.24) is 14.5 Å². The third-order valence-electron chi connectivity index (χ3n) is 4.72. The molecular formula is C20H30F3N3O5S. The lowest BCUT2D eigenvalue weighted by Crippen LogP contribution is -2.47. The molecule has 0 aromatic heterocycles. The number of nitrogens with zero attached hydrogens (tertiary/aromatic N) is 2. The first kappa shape index (κ1) is 27.9. The lowest BCUT2D eigenvalue weighted by Gasteiger charge is -2.29. The molecule has 1 aromatic rings. The Morgan fingerprint density at radius 3 is 2.22 bits per heavy atom. The summed E-state index contributed by atoms with van der Waals surface area (Å²) in [6, 6.07) is 5.45. The Kier molecular flexibility index (Phi) is 10.6. The number of carbonyl (C=O) groups is 2. The zero-order chi connectivity index (χ0) is 24.5. The van der Waals surface area contributed by atoms with E-state index in [0.29, 0.717) is 31.0 Å². The molecule has 0 bridgehead atoms. The normalized spacial score (nSPS) is 14.7. The van der Waals surface area contributed by atoms with E-state index < -0.39 is 22.2 Å². The van der Waals surface area contributed by atoms with E-state index in [-0.39, 0.29) is 18.9 Å². The highest BCUT2D eigenvalue weighted by Crippen LogP contribution is 2.22. The van der Waals surface area contributed by atoms with Crippen LogP contribution in [0.1, 0.15) is 30.9 Å². The maximum Gasteiger partial charge on any atom is 0.490 e. The van der Waals surface area contributed by atoms with Crippen molar-refractivity contribution < 1.29 is 36.3 Å². The number of nitrogens with one attached hydrogen (secondary N) is 1. The van der Waals surface area contributed by atoms with Gasteiger partial charge in [-0.1, -0.05) is 19.1 Å². The SMILES string of the molecule is CCCN(CCC(=O)N1CCNCC1)S(=O)(=O)c1cc(C)ccc1C.O=C(O)C(F)(F)F. The molecule has 1 aliphatic heterocycles. The Hall–Kier alpha value is -2.18. The van der Waals surface area contributed by atoms with Crippen LogP contribution in [-0.4, -0.2) is 80.1 Å². The number of alkyl halides is 3. The summed E-state index contributed by atoms with van der Waals surface area (Å²) in [7, 11) is -3.59. The van der Waals surface area contributed by atoms with Crippen LogP contribution in [0.3, 0.4) is 0 Å². The van der Waals surface area contributed by atoms with Gasteiger partial charge in [0.05, 0.1) is 4.90 Å². The summed E-state index contributed by atoms with van der Waals surface area (Å²) in [6.07, 6.45) is -4.14. The highest BCUT2D eigenvalue weighted by atomic mass is 32.2. The van der Waals surface area contributed by atoms with Gasteiger partial charge in [-0.3, -0.25) is 4.79 Å². The van der Waals surface area contributed by atoms with Crippen molar-refractivity contribution in [3.8, 4) is 0 Å². The number of benzene rings is 1. The number of carboxylic acid groups (broad SMARTS) is 1. The first-order valence-corrected chi connectivity index (χ1v) is 11.6. The van der Waals surface area contributed by atoms with Gasteiger partial charge >= 0.3 is 12.1 Å². The topological polar surface area (TPSA) is 107 Å². The van der Waals surface area contributed by atoms with Gasteiger partial charge in [0, 0.05) is 45.7 Å². The van der Waals surface area contributed by atoms with Crippen LogP contribution in [0.5, 0.6) is 0 Å². The van der Waals surface area contributed by atoms with Gasteiger partial charge in [0.1, 0.15) is 0 Å². The molecule has 1 fully saturated rings. The molecule has 1 aliphatic rings. The number of hydrogen-bond acceptors (Lipinski definition) is 5. The molecule has 8 nitrogen and oxygen atoms in total. The minimum atomic E-state index is -5.08. The molecule has 32 heavy (non-hydrogen) atoms. The molecule has 1 saturated heterocycles. The molecule has 1 aromatic carbocycles. The fourth-order valence-corrected chi connectivity index (χ4v) is 4.86. The Morgan fingerprint density at radius 1 is 1.16 bits per heavy atom. The number of aliphatic carboxylic acids is 1. The third-order valence-corrected chi connectivity index (χ3v) is 6.76. The Morgan fingerprint density at radius 2 is 1.72 bits per heavy atom. The number of amides is 1. The van der Waals surface area contributed by atoms with E-state index in [1.165, 1.54) is 4.31 Å². The molecule has 0 atom stereocenters. The molecule has 0 saturated carbocycles. The van der Waals surface area contributed by atoms with Crippen LogP contribution >= 0.6 is 0 Å². The quantitative estimate of drug-likeness (QED) is 0.618. The van der Waals surface area contributed by atoms with E-state index in [1.54, 1.807) is 6.07 Å². The van der Waals surface area contributed by atoms with Crippen molar-refractivity contribution >= 4 is 21.9 Å². The summed E-state index contributed by atoms with van der Waals surface area (Å²) < 4.78 is 59.3. The Bertz CT molecular complexity index is 885. The second-order valence-electron chi connectivity index (χ2n) is 7.36. The van der Waals surface area contributed by atoms with Crippen molar-refractivity contribution in [1.29, 1.82) is 0 Å². The van der Waals surface area contributed by atoms with Crippen LogP contribution in [0.2, 0.25) is 0 Å². The summed E-state index contributed by atoms with van der Waals surface area (Å²) in [4.78, 5) is 23.4. The molecule has 0 radical (unpaired) electrons. The predicted molar refractivity (Wildman–Crippen MR) is 113 cm³/mol. The van der Waals surface area contributed by atoms with E-state index >= 15 is 0 Å². The standard InChI is InChI=1S/C18H29N3O3S.C2HF3O2/c1-4-10-21(11-7-18(22)20-12-8-19-9-13-20)25(23,24)17-14-15(2)5-6-16(17)3;3-2(4,5)1(6)7/h5-6,14,19H,4,7-13H2,1-3H3;(H,6,7). The van der Waals surface area contributed by atoms with Crippen LogP contribution in [-0.2, 0) is 19.6 Å². The number of halogens is 3. The van der Waals surface area contributed by atoms with Gasteiger partial charge in [0.25, 0.3) is 0 Å². The zero-order valence-corrected chi connectivity index (χ0v) is 19.2. The van der Waals surface area contributed by atoms with Crippen molar-refractivity contribution in [3.05, 3.63) is 29.3 Å². The Labute approximate surface area is 186 Å². The highest BCUT2D eigenvalue weighted by Gasteiger charge is 2.38. The fourth-order valence-electron chi connectivity index (χ4n) is 3.02. The van der Waals surface area contributed by atoms with Crippen LogP contribution in [0, 0.1) is 13.8 Å². The molecule has 0 aliphatic carbocycles. The second-order valence-corrected chi connectivity index (χ2v) is 9.26. The van der Waals surface area contributed by atoms with Crippen molar-refractivity contribution in [2.45, 2.75) is 44.7 Å². The maximum atomic E-state index is 13.1. The summed E-state index contributed by atoms with van der Waals surface area (Å²) in [5.74, 6) is -2.73. The van der Waals surface area contributed by atoms with Crippen molar-refractivity contribution in [3.63, 3.8) is 0 Å². The molecular weight excluding hydrogens is 451 g/mol. The maximum absolute atomic E-state index is 13.1. The predicted octanol–water partition coefficient (Wildman–Crippen LogP) is 2.16. The van der Waals surface area contributed by atoms with Gasteiger partial charge < -0.3 is 15.3 Å². The van der Waals surface area contributed by atoms with Gasteiger partial charge in [-0.2, -0.15) is 17.5 Å². The van der Waals surface area contributed by atoms with E-state index in [1.807, 2.05) is 37.8 Å². The number of rotatable bonds is 7. The van der Waals surface area contributed by atoms with Crippen LogP contribution in [0.25, 0.3) is 0 Å². The van der Waals surface area contributed by atoms with E-state index in [0.717, 1.165) is 24.2 Å². The Balaban J connectivity index is 0.000000633. The number of carboxylic acids is 1. The van der Waals surface area contributed by atoms with Crippen molar-refractivity contribution in [2.75, 3.05) is 39.3 Å². The summed E-state index contributed by atoms with van der Waals surface area (Å²) in [5, 5.41) is 10.3. The summed E-state index contributed by atoms with van der Waals surface area (Å²) >= 11 is 0. The number of piperazine rings is 1. The molecule has 1 heterocycles. The second kappa shape index (κ2) is 12.2. The summed E-state index contributed by atoms with van der Waals surface area (Å²) in [5.41, 5.74) is 1.65. The molecule has 182 valence electrons. The van der Waals surface area contributed by atoms with Gasteiger partial charge in [0.2, 0.25) is 15.9 Å². The highest BCUT2D eigenvalue weighted by molar-refractivity contribution is 7.89. The van der Waals surface area contributed by atoms with Gasteiger partial charge in [-0.25, -0.2) is 13.2 Å². The molecule has 0 unspecified atom stereocenters. The molecule has 0 spiro atoms. The van der Waals surface area contributed by atoms with Crippen LogP contribution < -0.4 is 5.32 Å². The largest absolute Gasteiger partial charge is 0.490 e. The van der Waals surface area contributed by atoms with Crippen LogP contribution in [0.15, 0.2) is 23.1 Å². The number of carbonyl (C=O) groups excluding carboxylic acids is 1. The van der Waals surface area contributed by atoms with E-state index in [4.69, 9.17) is 9.90 Å². The van der Waals surface area contributed by atoms with Crippen LogP contribution in [0.4, 0.5) is 13.2 Å². The zero-order valence-electron chi connectivity index (χ0n) is 18.4. The molecule has 2 N–H and O–H groups in total. The third kappa shape index (κ3) is 8.40.